The van der Waals surface area contributed by atoms with Gasteiger partial charge in [-0.2, -0.15) is 0 Å². The van der Waals surface area contributed by atoms with Gasteiger partial charge < -0.3 is 4.42 Å². The fourth-order valence-electron chi connectivity index (χ4n) is 2.57. The van der Waals surface area contributed by atoms with Gasteiger partial charge in [-0.15, -0.1) is 5.10 Å². The molecule has 5 nitrogen and oxygen atoms in total. The van der Waals surface area contributed by atoms with E-state index in [2.05, 4.69) is 5.10 Å². The van der Waals surface area contributed by atoms with Crippen LogP contribution in [0.15, 0.2) is 45.8 Å². The van der Waals surface area contributed by atoms with E-state index in [9.17, 15) is 4.79 Å². The second kappa shape index (κ2) is 5.58. The molecule has 4 rings (SSSR count). The lowest BCUT2D eigenvalue weighted by molar-refractivity contribution is 0.568. The van der Waals surface area contributed by atoms with Crippen LogP contribution in [0.25, 0.3) is 11.6 Å². The van der Waals surface area contributed by atoms with Crippen LogP contribution in [-0.4, -0.2) is 14.3 Å². The molecule has 7 heteroatoms. The van der Waals surface area contributed by atoms with Crippen LogP contribution in [-0.2, 0) is 6.54 Å². The zero-order chi connectivity index (χ0) is 16.0. The highest BCUT2D eigenvalue weighted by atomic mass is 35.5. The number of hydrogen-bond acceptors (Lipinski definition) is 3. The molecule has 0 spiro atoms. The summed E-state index contributed by atoms with van der Waals surface area (Å²) in [4.78, 5) is 12.7. The SMILES string of the molecule is O=c1n(Cc2ccc(Cl)c(Cl)c2)nc(-c2ccco2)n1C1CC1. The lowest BCUT2D eigenvalue weighted by Gasteiger charge is -2.02. The van der Waals surface area contributed by atoms with E-state index in [1.165, 1.54) is 4.68 Å². The molecule has 0 aliphatic heterocycles. The van der Waals surface area contributed by atoms with Gasteiger partial charge in [-0.05, 0) is 42.7 Å². The predicted octanol–water partition coefficient (Wildman–Crippen LogP) is 3.99. The largest absolute Gasteiger partial charge is 0.461 e. The van der Waals surface area contributed by atoms with Crippen molar-refractivity contribution in [3.63, 3.8) is 0 Å². The van der Waals surface area contributed by atoms with Crippen molar-refractivity contribution in [2.75, 3.05) is 0 Å². The zero-order valence-electron chi connectivity index (χ0n) is 12.1. The van der Waals surface area contributed by atoms with Gasteiger partial charge in [0.05, 0.1) is 22.9 Å². The summed E-state index contributed by atoms with van der Waals surface area (Å²) in [6, 6.07) is 9.11. The van der Waals surface area contributed by atoms with E-state index >= 15 is 0 Å². The van der Waals surface area contributed by atoms with Gasteiger partial charge in [0.2, 0.25) is 5.82 Å². The Hall–Kier alpha value is -1.98. The van der Waals surface area contributed by atoms with Crippen molar-refractivity contribution in [3.8, 4) is 11.6 Å². The number of halogens is 2. The number of hydrogen-bond donors (Lipinski definition) is 0. The summed E-state index contributed by atoms with van der Waals surface area (Å²) in [5, 5.41) is 5.41. The van der Waals surface area contributed by atoms with Crippen molar-refractivity contribution in [3.05, 3.63) is 62.7 Å². The number of rotatable bonds is 4. The first kappa shape index (κ1) is 14.6. The van der Waals surface area contributed by atoms with Crippen molar-refractivity contribution in [2.45, 2.75) is 25.4 Å². The molecule has 118 valence electrons. The summed E-state index contributed by atoms with van der Waals surface area (Å²) in [6.45, 7) is 0.336. The first-order chi connectivity index (χ1) is 11.1. The lowest BCUT2D eigenvalue weighted by atomic mass is 10.2. The van der Waals surface area contributed by atoms with Crippen LogP contribution in [0.5, 0.6) is 0 Å². The third-order valence-electron chi connectivity index (χ3n) is 3.84. The highest BCUT2D eigenvalue weighted by molar-refractivity contribution is 6.42. The molecule has 23 heavy (non-hydrogen) atoms. The maximum absolute atomic E-state index is 12.7. The predicted molar refractivity (Wildman–Crippen MR) is 88.0 cm³/mol. The van der Waals surface area contributed by atoms with Crippen LogP contribution in [0.2, 0.25) is 10.0 Å². The average Bonchev–Trinajstić information content (AvgIpc) is 3.11. The molecule has 2 aromatic heterocycles. The highest BCUT2D eigenvalue weighted by Crippen LogP contribution is 2.36. The molecule has 0 radical (unpaired) electrons. The summed E-state index contributed by atoms with van der Waals surface area (Å²) in [6.07, 6.45) is 3.56. The maximum Gasteiger partial charge on any atom is 0.346 e. The number of furan rings is 1. The summed E-state index contributed by atoms with van der Waals surface area (Å²) in [7, 11) is 0. The quantitative estimate of drug-likeness (QED) is 0.715. The summed E-state index contributed by atoms with van der Waals surface area (Å²) < 4.78 is 8.58. The maximum atomic E-state index is 12.7. The monoisotopic (exact) mass is 349 g/mol. The molecule has 1 aliphatic carbocycles. The fraction of sp³-hybridized carbons (Fsp3) is 0.250. The van der Waals surface area contributed by atoms with Crippen LogP contribution in [0.3, 0.4) is 0 Å². The van der Waals surface area contributed by atoms with Crippen molar-refractivity contribution < 1.29 is 4.42 Å². The van der Waals surface area contributed by atoms with E-state index in [-0.39, 0.29) is 11.7 Å². The Morgan fingerprint density at radius 3 is 2.70 bits per heavy atom. The topological polar surface area (TPSA) is 53.0 Å². The fourth-order valence-corrected chi connectivity index (χ4v) is 2.89. The molecule has 0 amide bonds. The van der Waals surface area contributed by atoms with E-state index in [0.717, 1.165) is 18.4 Å². The van der Waals surface area contributed by atoms with E-state index in [1.807, 2.05) is 12.1 Å². The van der Waals surface area contributed by atoms with Gasteiger partial charge in [-0.25, -0.2) is 9.48 Å². The van der Waals surface area contributed by atoms with Gasteiger partial charge in [0, 0.05) is 6.04 Å². The molecular weight excluding hydrogens is 337 g/mol. The van der Waals surface area contributed by atoms with E-state index in [0.29, 0.717) is 28.2 Å². The highest BCUT2D eigenvalue weighted by Gasteiger charge is 2.31. The van der Waals surface area contributed by atoms with Crippen LogP contribution < -0.4 is 5.69 Å². The molecule has 1 aromatic carbocycles. The smallest absolute Gasteiger partial charge is 0.346 e. The number of nitrogens with zero attached hydrogens (tertiary/aromatic N) is 3. The molecule has 0 N–H and O–H groups in total. The normalized spacial score (nSPS) is 14.3. The Morgan fingerprint density at radius 2 is 2.04 bits per heavy atom. The van der Waals surface area contributed by atoms with Gasteiger partial charge in [0.25, 0.3) is 0 Å². The number of aromatic nitrogens is 3. The minimum atomic E-state index is -0.134. The van der Waals surface area contributed by atoms with Gasteiger partial charge in [-0.1, -0.05) is 29.3 Å². The molecule has 1 fully saturated rings. The Balaban J connectivity index is 1.76. The van der Waals surface area contributed by atoms with Gasteiger partial charge >= 0.3 is 5.69 Å². The Kier molecular flexibility index (Phi) is 3.54. The molecule has 3 aromatic rings. The Bertz CT molecular complexity index is 908. The standard InChI is InChI=1S/C16H13Cl2N3O2/c17-12-6-3-10(8-13(12)18)9-20-16(22)21(11-4-5-11)15(19-20)14-2-1-7-23-14/h1-3,6-8,11H,4-5,9H2. The van der Waals surface area contributed by atoms with Gasteiger partial charge in [0.15, 0.2) is 5.76 Å². The van der Waals surface area contributed by atoms with E-state index in [4.69, 9.17) is 27.6 Å². The van der Waals surface area contributed by atoms with E-state index < -0.39 is 0 Å². The van der Waals surface area contributed by atoms with Crippen LogP contribution in [0.1, 0.15) is 24.4 Å². The zero-order valence-corrected chi connectivity index (χ0v) is 13.6. The second-order valence-electron chi connectivity index (χ2n) is 5.59. The molecular formula is C16H13Cl2N3O2. The van der Waals surface area contributed by atoms with Crippen LogP contribution in [0, 0.1) is 0 Å². The number of benzene rings is 1. The van der Waals surface area contributed by atoms with Crippen LogP contribution >= 0.6 is 23.2 Å². The summed E-state index contributed by atoms with van der Waals surface area (Å²) in [5.41, 5.74) is 0.734. The van der Waals surface area contributed by atoms with Crippen molar-refractivity contribution in [1.82, 2.24) is 14.3 Å². The minimum absolute atomic E-state index is 0.134. The first-order valence-electron chi connectivity index (χ1n) is 7.30. The minimum Gasteiger partial charge on any atom is -0.461 e. The van der Waals surface area contributed by atoms with Crippen LogP contribution in [0.4, 0.5) is 0 Å². The average molecular weight is 350 g/mol. The molecule has 1 saturated carbocycles. The summed E-state index contributed by atoms with van der Waals surface area (Å²) in [5.74, 6) is 1.17. The molecule has 1 aliphatic rings. The van der Waals surface area contributed by atoms with Gasteiger partial charge in [0.1, 0.15) is 0 Å². The second-order valence-corrected chi connectivity index (χ2v) is 6.41. The van der Waals surface area contributed by atoms with Crippen molar-refractivity contribution >= 4 is 23.2 Å². The van der Waals surface area contributed by atoms with Crippen molar-refractivity contribution in [2.24, 2.45) is 0 Å². The third-order valence-corrected chi connectivity index (χ3v) is 4.58. The van der Waals surface area contributed by atoms with E-state index in [1.54, 1.807) is 29.0 Å². The lowest BCUT2D eigenvalue weighted by Crippen LogP contribution is -2.25. The Labute approximate surface area is 142 Å². The summed E-state index contributed by atoms with van der Waals surface area (Å²) >= 11 is 12.0. The molecule has 0 bridgehead atoms. The molecule has 0 unspecified atom stereocenters. The molecule has 0 atom stereocenters. The molecule has 0 saturated heterocycles. The third kappa shape index (κ3) is 2.71. The Morgan fingerprint density at radius 1 is 1.22 bits per heavy atom. The van der Waals surface area contributed by atoms with Crippen molar-refractivity contribution in [1.29, 1.82) is 0 Å². The first-order valence-corrected chi connectivity index (χ1v) is 8.06. The van der Waals surface area contributed by atoms with Gasteiger partial charge in [-0.3, -0.25) is 4.57 Å². The molecule has 2 heterocycles.